The van der Waals surface area contributed by atoms with Gasteiger partial charge in [0.05, 0.1) is 25.4 Å². The highest BCUT2D eigenvalue weighted by molar-refractivity contribution is 5.76. The number of nitrogens with one attached hydrogen (secondary N) is 1. The minimum absolute atomic E-state index is 0.00569. The topological polar surface area (TPSA) is 95.9 Å². The summed E-state index contributed by atoms with van der Waals surface area (Å²) in [5.74, 6) is -0.0538. The number of aliphatic hydroxyl groups is 2. The van der Waals surface area contributed by atoms with Crippen LogP contribution in [0.25, 0.3) is 0 Å². The van der Waals surface area contributed by atoms with Gasteiger partial charge in [0.15, 0.2) is 0 Å². The largest absolute Gasteiger partial charge is 0.466 e. The molecule has 2 unspecified atom stereocenters. The maximum absolute atomic E-state index is 12.4. The Balaban J connectivity index is 3.41. The van der Waals surface area contributed by atoms with Gasteiger partial charge in [-0.2, -0.15) is 0 Å². The van der Waals surface area contributed by atoms with Crippen LogP contribution in [0.2, 0.25) is 0 Å². The van der Waals surface area contributed by atoms with E-state index in [0.29, 0.717) is 25.9 Å². The first-order valence-electron chi connectivity index (χ1n) is 26.9. The van der Waals surface area contributed by atoms with E-state index < -0.39 is 12.1 Å². The summed E-state index contributed by atoms with van der Waals surface area (Å²) >= 11 is 0. The van der Waals surface area contributed by atoms with Crippen molar-refractivity contribution in [1.82, 2.24) is 5.32 Å². The average molecular weight is 848 g/mol. The van der Waals surface area contributed by atoms with Crippen LogP contribution in [0.15, 0.2) is 12.2 Å². The van der Waals surface area contributed by atoms with Gasteiger partial charge in [-0.1, -0.05) is 244 Å². The normalized spacial score (nSPS) is 12.7. The molecule has 0 saturated heterocycles. The molecule has 2 atom stereocenters. The molecule has 0 bridgehead atoms. The van der Waals surface area contributed by atoms with Crippen molar-refractivity contribution in [2.24, 2.45) is 0 Å². The third-order valence-electron chi connectivity index (χ3n) is 12.6. The molecule has 0 rings (SSSR count). The minimum Gasteiger partial charge on any atom is -0.466 e. The van der Waals surface area contributed by atoms with E-state index in [1.165, 1.54) is 212 Å². The van der Waals surface area contributed by atoms with Gasteiger partial charge in [0.25, 0.3) is 0 Å². The lowest BCUT2D eigenvalue weighted by Crippen LogP contribution is -2.45. The van der Waals surface area contributed by atoms with Crippen molar-refractivity contribution >= 4 is 11.9 Å². The molecule has 6 nitrogen and oxygen atoms in total. The van der Waals surface area contributed by atoms with Gasteiger partial charge in [-0.15, -0.1) is 0 Å². The Morgan fingerprint density at radius 2 is 0.783 bits per heavy atom. The summed E-state index contributed by atoms with van der Waals surface area (Å²) < 4.78 is 5.48. The standard InChI is InChI=1S/C54H105NO5/c1-3-5-7-9-11-13-15-16-17-18-19-20-21-24-28-32-36-40-44-48-54(59)60-49-45-41-37-33-29-25-22-23-27-31-35-39-43-47-53(58)55-51(50-56)52(57)46-42-38-34-30-26-14-12-10-8-6-4-2/h16-17,51-52,56-57H,3-15,18-50H2,1-2H3,(H,55,58)/b17-16-. The van der Waals surface area contributed by atoms with Gasteiger partial charge in [-0.25, -0.2) is 0 Å². The summed E-state index contributed by atoms with van der Waals surface area (Å²) in [6.45, 7) is 4.92. The molecule has 60 heavy (non-hydrogen) atoms. The predicted molar refractivity (Wildman–Crippen MR) is 260 cm³/mol. The van der Waals surface area contributed by atoms with Crippen LogP contribution in [0.3, 0.4) is 0 Å². The van der Waals surface area contributed by atoms with Gasteiger partial charge >= 0.3 is 5.97 Å². The first kappa shape index (κ1) is 58.6. The first-order valence-corrected chi connectivity index (χ1v) is 26.9. The number of hydrogen-bond acceptors (Lipinski definition) is 5. The third-order valence-corrected chi connectivity index (χ3v) is 12.6. The predicted octanol–water partition coefficient (Wildman–Crippen LogP) is 16.1. The van der Waals surface area contributed by atoms with Gasteiger partial charge in [0, 0.05) is 12.8 Å². The molecule has 0 heterocycles. The summed E-state index contributed by atoms with van der Waals surface area (Å²) in [6, 6.07) is -0.549. The lowest BCUT2D eigenvalue weighted by atomic mass is 10.0. The summed E-state index contributed by atoms with van der Waals surface area (Å²) in [6.07, 6.45) is 57.6. The fourth-order valence-corrected chi connectivity index (χ4v) is 8.40. The van der Waals surface area contributed by atoms with E-state index in [0.717, 1.165) is 51.4 Å². The average Bonchev–Trinajstić information content (AvgIpc) is 3.25. The van der Waals surface area contributed by atoms with Crippen LogP contribution in [0, 0.1) is 0 Å². The molecule has 0 aliphatic carbocycles. The molecule has 3 N–H and O–H groups in total. The molecule has 0 radical (unpaired) electrons. The smallest absolute Gasteiger partial charge is 0.305 e. The van der Waals surface area contributed by atoms with Crippen LogP contribution in [0.4, 0.5) is 0 Å². The summed E-state index contributed by atoms with van der Waals surface area (Å²) in [5.41, 5.74) is 0. The maximum Gasteiger partial charge on any atom is 0.305 e. The van der Waals surface area contributed by atoms with Crippen LogP contribution < -0.4 is 5.32 Å². The molecule has 356 valence electrons. The highest BCUT2D eigenvalue weighted by Gasteiger charge is 2.20. The van der Waals surface area contributed by atoms with Gasteiger partial charge in [-0.3, -0.25) is 9.59 Å². The first-order chi connectivity index (χ1) is 29.5. The lowest BCUT2D eigenvalue weighted by molar-refractivity contribution is -0.143. The number of hydrogen-bond donors (Lipinski definition) is 3. The highest BCUT2D eigenvalue weighted by atomic mass is 16.5. The second-order valence-electron chi connectivity index (χ2n) is 18.6. The van der Waals surface area contributed by atoms with E-state index >= 15 is 0 Å². The molecule has 0 spiro atoms. The monoisotopic (exact) mass is 848 g/mol. The molecule has 0 aromatic carbocycles. The van der Waals surface area contributed by atoms with E-state index in [-0.39, 0.29) is 18.5 Å². The van der Waals surface area contributed by atoms with E-state index in [1.54, 1.807) is 0 Å². The number of allylic oxidation sites excluding steroid dienone is 2. The van der Waals surface area contributed by atoms with E-state index in [1.807, 2.05) is 0 Å². The van der Waals surface area contributed by atoms with Crippen LogP contribution in [-0.4, -0.2) is 47.4 Å². The number of carbonyl (C=O) groups is 2. The number of aliphatic hydroxyl groups excluding tert-OH is 2. The third kappa shape index (κ3) is 46.1. The van der Waals surface area contributed by atoms with E-state index in [9.17, 15) is 19.8 Å². The van der Waals surface area contributed by atoms with Crippen molar-refractivity contribution in [1.29, 1.82) is 0 Å². The van der Waals surface area contributed by atoms with Gasteiger partial charge in [-0.05, 0) is 51.4 Å². The molecule has 0 aliphatic heterocycles. The molecule has 0 saturated carbocycles. The van der Waals surface area contributed by atoms with Crippen molar-refractivity contribution in [3.8, 4) is 0 Å². The Bertz CT molecular complexity index is 893. The zero-order chi connectivity index (χ0) is 43.7. The summed E-state index contributed by atoms with van der Waals surface area (Å²) in [5, 5.41) is 23.1. The molecule has 1 amide bonds. The lowest BCUT2D eigenvalue weighted by Gasteiger charge is -2.22. The zero-order valence-corrected chi connectivity index (χ0v) is 40.5. The Labute approximate surface area is 374 Å². The number of unbranched alkanes of at least 4 members (excludes halogenated alkanes) is 37. The number of amides is 1. The SMILES string of the molecule is CCCCCCCC/C=C\CCCCCCCCCCCC(=O)OCCCCCCCCCCCCCCCC(=O)NC(CO)C(O)CCCCCCCCCCCCC. The molecular formula is C54H105NO5. The molecule has 0 fully saturated rings. The Morgan fingerprint density at radius 1 is 0.450 bits per heavy atom. The summed E-state index contributed by atoms with van der Waals surface area (Å²) in [4.78, 5) is 24.5. The van der Waals surface area contributed by atoms with Crippen molar-refractivity contribution in [3.05, 3.63) is 12.2 Å². The second kappa shape index (κ2) is 50.2. The van der Waals surface area contributed by atoms with E-state index in [2.05, 4.69) is 31.3 Å². The fraction of sp³-hybridized carbons (Fsp3) is 0.926. The van der Waals surface area contributed by atoms with Crippen LogP contribution >= 0.6 is 0 Å². The van der Waals surface area contributed by atoms with Crippen LogP contribution in [-0.2, 0) is 14.3 Å². The van der Waals surface area contributed by atoms with Gasteiger partial charge < -0.3 is 20.3 Å². The molecule has 0 aliphatic rings. The molecular weight excluding hydrogens is 743 g/mol. The van der Waals surface area contributed by atoms with Gasteiger partial charge in [0.2, 0.25) is 5.91 Å². The van der Waals surface area contributed by atoms with Crippen molar-refractivity contribution in [3.63, 3.8) is 0 Å². The minimum atomic E-state index is -0.670. The second-order valence-corrected chi connectivity index (χ2v) is 18.6. The zero-order valence-electron chi connectivity index (χ0n) is 40.5. The van der Waals surface area contributed by atoms with Crippen LogP contribution in [0.5, 0.6) is 0 Å². The summed E-state index contributed by atoms with van der Waals surface area (Å²) in [7, 11) is 0. The quantitative estimate of drug-likeness (QED) is 0.0322. The highest BCUT2D eigenvalue weighted by Crippen LogP contribution is 2.17. The number of rotatable bonds is 50. The van der Waals surface area contributed by atoms with Gasteiger partial charge in [0.1, 0.15) is 0 Å². The van der Waals surface area contributed by atoms with E-state index in [4.69, 9.17) is 4.74 Å². The molecule has 6 heteroatoms. The number of esters is 1. The van der Waals surface area contributed by atoms with Crippen LogP contribution in [0.1, 0.15) is 296 Å². The Hall–Kier alpha value is -1.40. The van der Waals surface area contributed by atoms with Crippen molar-refractivity contribution in [2.45, 2.75) is 309 Å². The van der Waals surface area contributed by atoms with Crippen molar-refractivity contribution in [2.75, 3.05) is 13.2 Å². The molecule has 0 aromatic rings. The maximum atomic E-state index is 12.4. The van der Waals surface area contributed by atoms with Crippen molar-refractivity contribution < 1.29 is 24.5 Å². The fourth-order valence-electron chi connectivity index (χ4n) is 8.40. The number of ether oxygens (including phenoxy) is 1. The Kier molecular flexibility index (Phi) is 49.1. The molecule has 0 aromatic heterocycles. The Morgan fingerprint density at radius 3 is 1.18 bits per heavy atom. The number of carbonyl (C=O) groups excluding carboxylic acids is 2.